The van der Waals surface area contributed by atoms with Crippen LogP contribution in [0.3, 0.4) is 0 Å². The van der Waals surface area contributed by atoms with Gasteiger partial charge >= 0.3 is 11.9 Å². The van der Waals surface area contributed by atoms with Crippen molar-refractivity contribution in [1.82, 2.24) is 0 Å². The Balaban J connectivity index is 1.95. The van der Waals surface area contributed by atoms with Gasteiger partial charge in [-0.25, -0.2) is 26.4 Å². The van der Waals surface area contributed by atoms with Crippen molar-refractivity contribution in [2.75, 3.05) is 9.44 Å². The summed E-state index contributed by atoms with van der Waals surface area (Å²) in [5.41, 5.74) is -0.0235. The minimum atomic E-state index is -4.27. The van der Waals surface area contributed by atoms with Crippen molar-refractivity contribution in [2.24, 2.45) is 0 Å². The Hall–Kier alpha value is -3.90. The molecule has 0 aliphatic rings. The van der Waals surface area contributed by atoms with E-state index in [-0.39, 0.29) is 37.9 Å². The monoisotopic (exact) mass is 490 g/mol. The van der Waals surface area contributed by atoms with Crippen LogP contribution in [0.25, 0.3) is 0 Å². The number of carboxylic acids is 2. The zero-order valence-electron chi connectivity index (χ0n) is 17.0. The normalized spacial score (nSPS) is 11.5. The molecule has 0 aliphatic carbocycles. The summed E-state index contributed by atoms with van der Waals surface area (Å²) < 4.78 is 55.9. The molecular weight excluding hydrogens is 472 g/mol. The molecule has 4 N–H and O–H groups in total. The smallest absolute Gasteiger partial charge is 0.335 e. The molecule has 0 bridgehead atoms. The Bertz CT molecular complexity index is 1470. The highest BCUT2D eigenvalue weighted by molar-refractivity contribution is 7.93. The van der Waals surface area contributed by atoms with E-state index in [4.69, 9.17) is 10.2 Å². The summed E-state index contributed by atoms with van der Waals surface area (Å²) in [4.78, 5) is 21.5. The van der Waals surface area contributed by atoms with Gasteiger partial charge in [0.2, 0.25) is 0 Å². The summed E-state index contributed by atoms with van der Waals surface area (Å²) in [6.45, 7) is 1.47. The SMILES string of the molecule is Cc1ccc(S(=O)(=O)Nc2cccc(C(=O)O)c2)cc1S(=O)(=O)Nc1cccc(C(=O)O)c1. The fourth-order valence-corrected chi connectivity index (χ4v) is 5.36. The van der Waals surface area contributed by atoms with Crippen LogP contribution in [0.15, 0.2) is 76.5 Å². The number of aromatic carboxylic acids is 2. The Morgan fingerprint density at radius 1 is 0.697 bits per heavy atom. The molecule has 12 heteroatoms. The van der Waals surface area contributed by atoms with Gasteiger partial charge in [-0.05, 0) is 61.0 Å². The molecule has 0 saturated heterocycles. The first-order valence-electron chi connectivity index (χ1n) is 9.22. The number of sulfonamides is 2. The molecular formula is C21H18N2O8S2. The van der Waals surface area contributed by atoms with Crippen LogP contribution in [0.4, 0.5) is 11.4 Å². The van der Waals surface area contributed by atoms with Crippen LogP contribution in [0, 0.1) is 6.92 Å². The molecule has 0 saturated carbocycles. The van der Waals surface area contributed by atoms with Gasteiger partial charge in [-0.15, -0.1) is 0 Å². The van der Waals surface area contributed by atoms with Gasteiger partial charge in [-0.2, -0.15) is 0 Å². The number of hydrogen-bond donors (Lipinski definition) is 4. The van der Waals surface area contributed by atoms with E-state index in [1.807, 2.05) is 0 Å². The van der Waals surface area contributed by atoms with Crippen LogP contribution in [0.2, 0.25) is 0 Å². The number of nitrogens with one attached hydrogen (secondary N) is 2. The number of anilines is 2. The lowest BCUT2D eigenvalue weighted by atomic mass is 10.2. The number of hydrogen-bond acceptors (Lipinski definition) is 6. The zero-order valence-corrected chi connectivity index (χ0v) is 18.6. The molecule has 3 rings (SSSR count). The number of benzene rings is 3. The van der Waals surface area contributed by atoms with Crippen molar-refractivity contribution < 1.29 is 36.6 Å². The summed E-state index contributed by atoms with van der Waals surface area (Å²) in [7, 11) is -8.53. The fraction of sp³-hybridized carbons (Fsp3) is 0.0476. The molecule has 10 nitrogen and oxygen atoms in total. The minimum absolute atomic E-state index is 0.00818. The third-order valence-corrected chi connectivity index (χ3v) is 7.39. The van der Waals surface area contributed by atoms with Crippen LogP contribution in [0.5, 0.6) is 0 Å². The summed E-state index contributed by atoms with van der Waals surface area (Å²) in [5.74, 6) is -2.48. The van der Waals surface area contributed by atoms with Crippen molar-refractivity contribution >= 4 is 43.4 Å². The molecule has 0 fully saturated rings. The maximum Gasteiger partial charge on any atom is 0.335 e. The highest BCUT2D eigenvalue weighted by Crippen LogP contribution is 2.25. The van der Waals surface area contributed by atoms with E-state index >= 15 is 0 Å². The average Bonchev–Trinajstić information content (AvgIpc) is 2.73. The molecule has 0 spiro atoms. The van der Waals surface area contributed by atoms with Crippen molar-refractivity contribution in [1.29, 1.82) is 0 Å². The Morgan fingerprint density at radius 2 is 1.18 bits per heavy atom. The lowest BCUT2D eigenvalue weighted by Crippen LogP contribution is -2.17. The first-order chi connectivity index (χ1) is 15.4. The fourth-order valence-electron chi connectivity index (χ4n) is 2.89. The van der Waals surface area contributed by atoms with E-state index in [0.29, 0.717) is 0 Å². The van der Waals surface area contributed by atoms with Gasteiger partial charge in [0.15, 0.2) is 0 Å². The predicted molar refractivity (Wildman–Crippen MR) is 120 cm³/mol. The standard InChI is InChI=1S/C21H18N2O8S2/c1-13-8-9-18(32(28,29)22-16-6-2-4-14(10-16)20(24)25)12-19(13)33(30,31)23-17-7-3-5-15(11-17)21(26)27/h2-12,22-23H,1H3,(H,24,25)(H,26,27). The maximum absolute atomic E-state index is 12.9. The van der Waals surface area contributed by atoms with Gasteiger partial charge < -0.3 is 10.2 Å². The number of carboxylic acid groups (broad SMARTS) is 2. The van der Waals surface area contributed by atoms with Gasteiger partial charge in [0, 0.05) is 11.4 Å². The van der Waals surface area contributed by atoms with Crippen LogP contribution < -0.4 is 9.44 Å². The molecule has 0 aromatic heterocycles. The summed E-state index contributed by atoms with van der Waals surface area (Å²) in [6, 6.07) is 13.8. The molecule has 33 heavy (non-hydrogen) atoms. The lowest BCUT2D eigenvalue weighted by molar-refractivity contribution is 0.0686. The third kappa shape index (κ3) is 5.48. The highest BCUT2D eigenvalue weighted by atomic mass is 32.2. The van der Waals surface area contributed by atoms with Crippen LogP contribution in [0.1, 0.15) is 26.3 Å². The van der Waals surface area contributed by atoms with Crippen LogP contribution in [-0.4, -0.2) is 39.0 Å². The second kappa shape index (κ2) is 8.92. The van der Waals surface area contributed by atoms with E-state index in [1.54, 1.807) is 0 Å². The van der Waals surface area contributed by atoms with Gasteiger partial charge in [0.1, 0.15) is 0 Å². The molecule has 0 heterocycles. The summed E-state index contributed by atoms with van der Waals surface area (Å²) in [6.07, 6.45) is 0. The first-order valence-corrected chi connectivity index (χ1v) is 12.2. The van der Waals surface area contributed by atoms with E-state index in [0.717, 1.165) is 18.2 Å². The topological polar surface area (TPSA) is 167 Å². The second-order valence-electron chi connectivity index (χ2n) is 6.91. The molecule has 0 unspecified atom stereocenters. The van der Waals surface area contributed by atoms with Crippen molar-refractivity contribution in [3.05, 3.63) is 83.4 Å². The molecule has 3 aromatic carbocycles. The van der Waals surface area contributed by atoms with E-state index in [1.165, 1.54) is 55.5 Å². The Labute approximate surface area is 189 Å². The molecule has 0 amide bonds. The van der Waals surface area contributed by atoms with Crippen molar-refractivity contribution in [3.8, 4) is 0 Å². The molecule has 0 radical (unpaired) electrons. The van der Waals surface area contributed by atoms with Gasteiger partial charge in [0.25, 0.3) is 20.0 Å². The third-order valence-electron chi connectivity index (χ3n) is 4.48. The van der Waals surface area contributed by atoms with Crippen molar-refractivity contribution in [3.63, 3.8) is 0 Å². The van der Waals surface area contributed by atoms with Crippen LogP contribution >= 0.6 is 0 Å². The first kappa shape index (κ1) is 23.8. The molecule has 0 atom stereocenters. The summed E-state index contributed by atoms with van der Waals surface area (Å²) >= 11 is 0. The predicted octanol–water partition coefficient (Wildman–Crippen LogP) is 2.99. The Morgan fingerprint density at radius 3 is 1.67 bits per heavy atom. The quantitative estimate of drug-likeness (QED) is 0.374. The molecule has 172 valence electrons. The number of carbonyl (C=O) groups is 2. The molecule has 0 aliphatic heterocycles. The minimum Gasteiger partial charge on any atom is -0.478 e. The van der Waals surface area contributed by atoms with Gasteiger partial charge in [-0.3, -0.25) is 9.44 Å². The largest absolute Gasteiger partial charge is 0.478 e. The lowest BCUT2D eigenvalue weighted by Gasteiger charge is -2.14. The second-order valence-corrected chi connectivity index (χ2v) is 10.2. The van der Waals surface area contributed by atoms with Crippen LogP contribution in [-0.2, 0) is 20.0 Å². The summed E-state index contributed by atoms with van der Waals surface area (Å²) in [5, 5.41) is 18.1. The van der Waals surface area contributed by atoms with E-state index in [9.17, 15) is 26.4 Å². The maximum atomic E-state index is 12.9. The van der Waals surface area contributed by atoms with Gasteiger partial charge in [-0.1, -0.05) is 18.2 Å². The number of rotatable bonds is 8. The Kier molecular flexibility index (Phi) is 6.42. The number of aryl methyl sites for hydroxylation is 1. The van der Waals surface area contributed by atoms with E-state index in [2.05, 4.69) is 9.44 Å². The zero-order chi connectivity index (χ0) is 24.4. The average molecular weight is 491 g/mol. The van der Waals surface area contributed by atoms with Crippen molar-refractivity contribution in [2.45, 2.75) is 16.7 Å². The highest BCUT2D eigenvalue weighted by Gasteiger charge is 2.23. The van der Waals surface area contributed by atoms with Gasteiger partial charge in [0.05, 0.1) is 20.9 Å². The van der Waals surface area contributed by atoms with E-state index < -0.39 is 32.0 Å². The molecule has 3 aromatic rings.